The van der Waals surface area contributed by atoms with Crippen molar-refractivity contribution in [3.8, 4) is 0 Å². The van der Waals surface area contributed by atoms with Crippen LogP contribution in [-0.4, -0.2) is 26.8 Å². The van der Waals surface area contributed by atoms with E-state index >= 15 is 0 Å². The fourth-order valence-electron chi connectivity index (χ4n) is 2.59. The molecule has 0 saturated heterocycles. The summed E-state index contributed by atoms with van der Waals surface area (Å²) in [5.41, 5.74) is 4.26. The van der Waals surface area contributed by atoms with Crippen molar-refractivity contribution < 1.29 is 4.79 Å². The van der Waals surface area contributed by atoms with Crippen molar-refractivity contribution >= 4 is 17.4 Å². The van der Waals surface area contributed by atoms with E-state index in [1.807, 2.05) is 44.8 Å². The van der Waals surface area contributed by atoms with Crippen molar-refractivity contribution in [3.05, 3.63) is 33.0 Å². The Labute approximate surface area is 141 Å². The third kappa shape index (κ3) is 4.31. The molecule has 0 fully saturated rings. The maximum atomic E-state index is 12.1. The molecule has 2 heterocycles. The Morgan fingerprint density at radius 1 is 1.30 bits per heavy atom. The molecule has 7 heteroatoms. The highest BCUT2D eigenvalue weighted by Gasteiger charge is 2.16. The smallest absolute Gasteiger partial charge is 0.315 e. The molecule has 0 bridgehead atoms. The van der Waals surface area contributed by atoms with Crippen LogP contribution in [0.25, 0.3) is 0 Å². The van der Waals surface area contributed by atoms with Gasteiger partial charge >= 0.3 is 6.03 Å². The highest BCUT2D eigenvalue weighted by Crippen LogP contribution is 2.16. The molecule has 2 rings (SSSR count). The first-order valence-corrected chi connectivity index (χ1v) is 8.64. The molecule has 0 radical (unpaired) electrons. The molecule has 0 spiro atoms. The lowest BCUT2D eigenvalue weighted by atomic mass is 10.1. The van der Waals surface area contributed by atoms with Gasteiger partial charge in [-0.2, -0.15) is 5.10 Å². The van der Waals surface area contributed by atoms with Crippen LogP contribution in [0.2, 0.25) is 0 Å². The van der Waals surface area contributed by atoms with E-state index in [1.54, 1.807) is 11.3 Å². The third-order valence-electron chi connectivity index (χ3n) is 3.97. The molecule has 2 aromatic heterocycles. The molecule has 0 aromatic carbocycles. The van der Waals surface area contributed by atoms with E-state index in [9.17, 15) is 4.79 Å². The van der Waals surface area contributed by atoms with E-state index in [-0.39, 0.29) is 18.1 Å². The predicted octanol–water partition coefficient (Wildman–Crippen LogP) is 2.79. The second-order valence-electron chi connectivity index (χ2n) is 6.01. The van der Waals surface area contributed by atoms with Gasteiger partial charge in [0, 0.05) is 24.2 Å². The molecule has 0 aliphatic heterocycles. The number of nitrogens with zero attached hydrogens (tertiary/aromatic N) is 3. The Hall–Kier alpha value is -1.89. The van der Waals surface area contributed by atoms with E-state index < -0.39 is 0 Å². The van der Waals surface area contributed by atoms with Gasteiger partial charge in [0.15, 0.2) is 0 Å². The predicted molar refractivity (Wildman–Crippen MR) is 92.8 cm³/mol. The van der Waals surface area contributed by atoms with Crippen LogP contribution >= 0.6 is 11.3 Å². The minimum atomic E-state index is -0.171. The molecule has 126 valence electrons. The second-order valence-corrected chi connectivity index (χ2v) is 7.07. The van der Waals surface area contributed by atoms with Gasteiger partial charge in [0.25, 0.3) is 0 Å². The summed E-state index contributed by atoms with van der Waals surface area (Å²) in [5, 5.41) is 13.3. The first kappa shape index (κ1) is 17.5. The van der Waals surface area contributed by atoms with Crippen LogP contribution in [0.1, 0.15) is 47.5 Å². The molecule has 0 saturated carbocycles. The van der Waals surface area contributed by atoms with E-state index in [1.165, 1.54) is 5.56 Å². The lowest BCUT2D eigenvalue weighted by molar-refractivity contribution is 0.234. The van der Waals surface area contributed by atoms with Gasteiger partial charge in [-0.3, -0.25) is 4.68 Å². The van der Waals surface area contributed by atoms with Crippen LogP contribution in [0.3, 0.4) is 0 Å². The Morgan fingerprint density at radius 3 is 2.52 bits per heavy atom. The second kappa shape index (κ2) is 7.12. The van der Waals surface area contributed by atoms with Gasteiger partial charge in [-0.15, -0.1) is 11.3 Å². The molecule has 2 atom stereocenters. The van der Waals surface area contributed by atoms with Gasteiger partial charge in [0.05, 0.1) is 22.4 Å². The topological polar surface area (TPSA) is 71.8 Å². The van der Waals surface area contributed by atoms with E-state index in [4.69, 9.17) is 0 Å². The fraction of sp³-hybridized carbons (Fsp3) is 0.562. The third-order valence-corrected chi connectivity index (χ3v) is 4.77. The summed E-state index contributed by atoms with van der Waals surface area (Å²) in [6.07, 6.45) is 0.767. The molecule has 23 heavy (non-hydrogen) atoms. The van der Waals surface area contributed by atoms with Crippen LogP contribution in [0.5, 0.6) is 0 Å². The number of carbonyl (C=O) groups excluding carboxylic acids is 1. The molecular formula is C16H25N5OS. The van der Waals surface area contributed by atoms with Gasteiger partial charge in [0.2, 0.25) is 0 Å². The average Bonchev–Trinajstić information content (AvgIpc) is 2.98. The highest BCUT2D eigenvalue weighted by atomic mass is 32.1. The molecule has 6 nitrogen and oxygen atoms in total. The lowest BCUT2D eigenvalue weighted by Gasteiger charge is -2.17. The number of hydrogen-bond acceptors (Lipinski definition) is 4. The number of aromatic nitrogens is 3. The molecule has 0 aliphatic carbocycles. The first-order valence-electron chi connectivity index (χ1n) is 7.76. The summed E-state index contributed by atoms with van der Waals surface area (Å²) in [6.45, 7) is 9.95. The van der Waals surface area contributed by atoms with Crippen molar-refractivity contribution in [3.63, 3.8) is 0 Å². The lowest BCUT2D eigenvalue weighted by Crippen LogP contribution is -2.42. The first-order chi connectivity index (χ1) is 10.8. The largest absolute Gasteiger partial charge is 0.335 e. The number of urea groups is 1. The zero-order chi connectivity index (χ0) is 17.1. The number of thiazole rings is 1. The Bertz CT molecular complexity index is 691. The fourth-order valence-corrected chi connectivity index (χ4v) is 3.29. The summed E-state index contributed by atoms with van der Waals surface area (Å²) < 4.78 is 1.88. The van der Waals surface area contributed by atoms with Gasteiger partial charge < -0.3 is 10.6 Å². The summed E-state index contributed by atoms with van der Waals surface area (Å²) in [6, 6.07) is -0.246. The highest BCUT2D eigenvalue weighted by molar-refractivity contribution is 7.09. The summed E-state index contributed by atoms with van der Waals surface area (Å²) in [4.78, 5) is 16.5. The molecule has 0 aliphatic rings. The van der Waals surface area contributed by atoms with Crippen molar-refractivity contribution in [2.75, 3.05) is 0 Å². The van der Waals surface area contributed by atoms with Crippen molar-refractivity contribution in [1.29, 1.82) is 0 Å². The number of aryl methyl sites for hydroxylation is 3. The Kier molecular flexibility index (Phi) is 5.41. The molecule has 2 N–H and O–H groups in total. The van der Waals surface area contributed by atoms with E-state index in [0.717, 1.165) is 28.5 Å². The van der Waals surface area contributed by atoms with Gasteiger partial charge in [-0.25, -0.2) is 9.78 Å². The minimum absolute atomic E-state index is 0.0287. The molecule has 2 amide bonds. The number of hydrogen-bond donors (Lipinski definition) is 2. The number of rotatable bonds is 5. The molecule has 2 aromatic rings. The summed E-state index contributed by atoms with van der Waals surface area (Å²) in [5.74, 6) is 0. The van der Waals surface area contributed by atoms with E-state index in [0.29, 0.717) is 0 Å². The summed E-state index contributed by atoms with van der Waals surface area (Å²) in [7, 11) is 1.94. The maximum Gasteiger partial charge on any atom is 0.315 e. The molecular weight excluding hydrogens is 310 g/mol. The Morgan fingerprint density at radius 2 is 2.00 bits per heavy atom. The average molecular weight is 335 g/mol. The van der Waals surface area contributed by atoms with Crippen molar-refractivity contribution in [2.45, 2.75) is 53.1 Å². The van der Waals surface area contributed by atoms with Crippen molar-refractivity contribution in [2.24, 2.45) is 7.05 Å². The zero-order valence-corrected chi connectivity index (χ0v) is 15.4. The van der Waals surface area contributed by atoms with Gasteiger partial charge in [-0.1, -0.05) is 0 Å². The number of amides is 2. The van der Waals surface area contributed by atoms with Crippen LogP contribution < -0.4 is 10.6 Å². The normalized spacial score (nSPS) is 13.7. The Balaban J connectivity index is 1.89. The monoisotopic (exact) mass is 335 g/mol. The minimum Gasteiger partial charge on any atom is -0.335 e. The van der Waals surface area contributed by atoms with Gasteiger partial charge in [0.1, 0.15) is 0 Å². The van der Waals surface area contributed by atoms with Crippen molar-refractivity contribution in [1.82, 2.24) is 25.4 Å². The standard InChI is InChI=1S/C16H25N5OS/c1-9(7-14-10(2)20-21(6)12(14)4)17-16(22)18-11(3)15-8-23-13(5)19-15/h8-9,11H,7H2,1-6H3,(H2,17,18,22)/t9-,11+/m1/s1. The van der Waals surface area contributed by atoms with Crippen LogP contribution in [0.4, 0.5) is 4.79 Å². The number of carbonyl (C=O) groups is 1. The molecule has 0 unspecified atom stereocenters. The van der Waals surface area contributed by atoms with Crippen LogP contribution in [0, 0.1) is 20.8 Å². The van der Waals surface area contributed by atoms with Crippen LogP contribution in [0.15, 0.2) is 5.38 Å². The van der Waals surface area contributed by atoms with E-state index in [2.05, 4.69) is 27.6 Å². The maximum absolute atomic E-state index is 12.1. The van der Waals surface area contributed by atoms with Crippen LogP contribution in [-0.2, 0) is 13.5 Å². The zero-order valence-electron chi connectivity index (χ0n) is 14.6. The number of nitrogens with one attached hydrogen (secondary N) is 2. The summed E-state index contributed by atoms with van der Waals surface area (Å²) >= 11 is 1.59. The van der Waals surface area contributed by atoms with Gasteiger partial charge in [-0.05, 0) is 46.6 Å². The SMILES string of the molecule is Cc1nc([C@H](C)NC(=O)N[C@H](C)Cc2c(C)nn(C)c2C)cs1. The quantitative estimate of drug-likeness (QED) is 0.882.